The third-order valence-corrected chi connectivity index (χ3v) is 3.79. The lowest BCUT2D eigenvalue weighted by Gasteiger charge is -2.10. The van der Waals surface area contributed by atoms with E-state index in [4.69, 9.17) is 32.7 Å². The van der Waals surface area contributed by atoms with Gasteiger partial charge in [-0.15, -0.1) is 0 Å². The third kappa shape index (κ3) is 5.21. The molecule has 0 saturated carbocycles. The molecule has 1 aromatic heterocycles. The molecule has 0 fully saturated rings. The van der Waals surface area contributed by atoms with E-state index in [-0.39, 0.29) is 34.7 Å². The smallest absolute Gasteiger partial charge is 0.357 e. The van der Waals surface area contributed by atoms with E-state index < -0.39 is 27.8 Å². The molecule has 2 rings (SSSR count). The van der Waals surface area contributed by atoms with Gasteiger partial charge in [0.1, 0.15) is 5.69 Å². The van der Waals surface area contributed by atoms with Crippen LogP contribution in [-0.4, -0.2) is 34.1 Å². The zero-order valence-corrected chi connectivity index (χ0v) is 15.8. The number of nitro groups is 1. The number of carbonyl (C=O) groups is 1. The van der Waals surface area contributed by atoms with Gasteiger partial charge in [-0.25, -0.2) is 9.59 Å². The lowest BCUT2D eigenvalue weighted by molar-refractivity contribution is -0.386. The number of ether oxygens (including phenoxy) is 2. The number of nitrogens with one attached hydrogen (secondary N) is 2. The Balaban J connectivity index is 2.31. The lowest BCUT2D eigenvalue weighted by Crippen LogP contribution is -2.25. The molecule has 0 aliphatic heterocycles. The number of hydrogen-bond acceptors (Lipinski definition) is 7. The quantitative estimate of drug-likeness (QED) is 0.390. The van der Waals surface area contributed by atoms with E-state index in [1.807, 2.05) is 0 Å². The molecular weight excluding hydrogens is 417 g/mol. The van der Waals surface area contributed by atoms with E-state index in [0.29, 0.717) is 5.56 Å². The number of nitrogens with zero attached hydrogens (tertiary/aromatic N) is 1. The summed E-state index contributed by atoms with van der Waals surface area (Å²) in [7, 11) is 0. The van der Waals surface area contributed by atoms with Crippen LogP contribution in [0.3, 0.4) is 0 Å². The number of H-pyrrole nitrogens is 2. The zero-order chi connectivity index (χ0) is 20.8. The Hall–Kier alpha value is -3.11. The predicted molar refractivity (Wildman–Crippen MR) is 102 cm³/mol. The number of esters is 1. The van der Waals surface area contributed by atoms with Crippen LogP contribution in [0.25, 0.3) is 12.2 Å². The summed E-state index contributed by atoms with van der Waals surface area (Å²) in [6, 6.07) is 2.84. The minimum atomic E-state index is -1.13. The number of carbonyl (C=O) groups excluding carboxylic acids is 1. The maximum atomic E-state index is 11.6. The first kappa shape index (κ1) is 21.2. The number of rotatable bonds is 7. The fourth-order valence-corrected chi connectivity index (χ4v) is 2.74. The van der Waals surface area contributed by atoms with Crippen molar-refractivity contribution in [3.05, 3.63) is 64.4 Å². The van der Waals surface area contributed by atoms with Crippen LogP contribution >= 0.6 is 23.2 Å². The molecule has 2 N–H and O–H groups in total. The maximum absolute atomic E-state index is 11.6. The molecule has 148 valence electrons. The van der Waals surface area contributed by atoms with E-state index in [1.165, 1.54) is 18.2 Å². The second-order valence-electron chi connectivity index (χ2n) is 5.17. The minimum Gasteiger partial charge on any atom is -0.479 e. The van der Waals surface area contributed by atoms with Crippen molar-refractivity contribution in [1.82, 2.24) is 9.97 Å². The Bertz CT molecular complexity index is 1040. The largest absolute Gasteiger partial charge is 0.479 e. The fourth-order valence-electron chi connectivity index (χ4n) is 2.13. The van der Waals surface area contributed by atoms with Gasteiger partial charge in [0, 0.05) is 0 Å². The summed E-state index contributed by atoms with van der Waals surface area (Å²) in [5.41, 5.74) is -2.74. The summed E-state index contributed by atoms with van der Waals surface area (Å²) in [5.74, 6) is -0.534. The topological polar surface area (TPSA) is 144 Å². The first-order valence-electron chi connectivity index (χ1n) is 7.69. The summed E-state index contributed by atoms with van der Waals surface area (Å²) in [6.07, 6.45) is 2.51. The molecule has 0 spiro atoms. The van der Waals surface area contributed by atoms with Crippen molar-refractivity contribution in [3.63, 3.8) is 0 Å². The second kappa shape index (κ2) is 9.20. The molecule has 0 saturated heterocycles. The first-order chi connectivity index (χ1) is 13.2. The van der Waals surface area contributed by atoms with Gasteiger partial charge in [0.05, 0.1) is 21.6 Å². The third-order valence-electron chi connectivity index (χ3n) is 3.23. The van der Waals surface area contributed by atoms with Crippen LogP contribution in [0.15, 0.2) is 21.7 Å². The van der Waals surface area contributed by atoms with Crippen molar-refractivity contribution in [1.29, 1.82) is 0 Å². The summed E-state index contributed by atoms with van der Waals surface area (Å²) in [6.45, 7) is 1.46. The van der Waals surface area contributed by atoms with Crippen LogP contribution in [0, 0.1) is 10.1 Å². The van der Waals surface area contributed by atoms with Crippen molar-refractivity contribution in [3.8, 4) is 5.75 Å². The van der Waals surface area contributed by atoms with E-state index in [0.717, 1.165) is 6.08 Å². The Kier molecular flexibility index (Phi) is 6.96. The molecule has 0 aliphatic carbocycles. The number of benzene rings is 1. The average molecular weight is 430 g/mol. The SMILES string of the molecule is CCOC(=O)COc1c(Cl)cc(/C=C/c2[nH]c(=O)[nH]c(=O)c2[N+](=O)[O-])cc1Cl. The molecule has 12 heteroatoms. The van der Waals surface area contributed by atoms with Gasteiger partial charge in [0.25, 0.3) is 0 Å². The Morgan fingerprint density at radius 1 is 1.21 bits per heavy atom. The molecule has 10 nitrogen and oxygen atoms in total. The van der Waals surface area contributed by atoms with Crippen LogP contribution < -0.4 is 16.0 Å². The van der Waals surface area contributed by atoms with Crippen LogP contribution in [0.2, 0.25) is 10.0 Å². The molecule has 1 aromatic carbocycles. The van der Waals surface area contributed by atoms with Gasteiger partial charge < -0.3 is 14.5 Å². The predicted octanol–water partition coefficient (Wildman–Crippen LogP) is 2.39. The maximum Gasteiger partial charge on any atom is 0.357 e. The van der Waals surface area contributed by atoms with Crippen molar-refractivity contribution >= 4 is 47.0 Å². The highest BCUT2D eigenvalue weighted by Crippen LogP contribution is 2.34. The molecule has 0 aliphatic rings. The van der Waals surface area contributed by atoms with Gasteiger partial charge in [-0.05, 0) is 30.7 Å². The van der Waals surface area contributed by atoms with Crippen molar-refractivity contribution in [2.45, 2.75) is 6.92 Å². The van der Waals surface area contributed by atoms with E-state index in [2.05, 4.69) is 4.98 Å². The Labute approximate surface area is 166 Å². The molecule has 1 heterocycles. The van der Waals surface area contributed by atoms with Gasteiger partial charge >= 0.3 is 22.9 Å². The molecular formula is C16H13Cl2N3O7. The molecule has 0 unspecified atom stereocenters. The number of aromatic nitrogens is 2. The fraction of sp³-hybridized carbons (Fsp3) is 0.188. The summed E-state index contributed by atoms with van der Waals surface area (Å²) in [4.78, 5) is 48.4. The van der Waals surface area contributed by atoms with Gasteiger partial charge in [0.2, 0.25) is 0 Å². The van der Waals surface area contributed by atoms with Crippen molar-refractivity contribution < 1.29 is 19.2 Å². The lowest BCUT2D eigenvalue weighted by atomic mass is 10.2. The highest BCUT2D eigenvalue weighted by molar-refractivity contribution is 6.37. The molecule has 0 radical (unpaired) electrons. The van der Waals surface area contributed by atoms with Gasteiger partial charge in [0.15, 0.2) is 12.4 Å². The molecule has 0 bridgehead atoms. The van der Waals surface area contributed by atoms with Crippen LogP contribution in [0.1, 0.15) is 18.2 Å². The summed E-state index contributed by atoms with van der Waals surface area (Å²) >= 11 is 12.2. The first-order valence-corrected chi connectivity index (χ1v) is 8.45. The Morgan fingerprint density at radius 2 is 1.86 bits per heavy atom. The number of aromatic amines is 2. The minimum absolute atomic E-state index is 0.0593. The Morgan fingerprint density at radius 3 is 2.43 bits per heavy atom. The van der Waals surface area contributed by atoms with E-state index in [9.17, 15) is 24.5 Å². The van der Waals surface area contributed by atoms with E-state index in [1.54, 1.807) is 11.9 Å². The highest BCUT2D eigenvalue weighted by Gasteiger charge is 2.19. The number of hydrogen-bond donors (Lipinski definition) is 2. The van der Waals surface area contributed by atoms with Gasteiger partial charge in [-0.3, -0.25) is 19.9 Å². The van der Waals surface area contributed by atoms with Crippen LogP contribution in [0.4, 0.5) is 5.69 Å². The van der Waals surface area contributed by atoms with Gasteiger partial charge in [-0.2, -0.15) is 0 Å². The van der Waals surface area contributed by atoms with Crippen LogP contribution in [0.5, 0.6) is 5.75 Å². The van der Waals surface area contributed by atoms with Crippen molar-refractivity contribution in [2.75, 3.05) is 13.2 Å². The average Bonchev–Trinajstić information content (AvgIpc) is 2.58. The second-order valence-corrected chi connectivity index (χ2v) is 5.98. The van der Waals surface area contributed by atoms with E-state index >= 15 is 0 Å². The monoisotopic (exact) mass is 429 g/mol. The number of halogens is 2. The highest BCUT2D eigenvalue weighted by atomic mass is 35.5. The normalized spacial score (nSPS) is 10.8. The summed E-state index contributed by atoms with van der Waals surface area (Å²) in [5, 5.41) is 11.2. The summed E-state index contributed by atoms with van der Waals surface area (Å²) < 4.78 is 9.97. The molecule has 28 heavy (non-hydrogen) atoms. The molecule has 2 aromatic rings. The zero-order valence-electron chi connectivity index (χ0n) is 14.3. The molecule has 0 atom stereocenters. The van der Waals surface area contributed by atoms with Crippen LogP contribution in [-0.2, 0) is 9.53 Å². The molecule has 0 amide bonds. The van der Waals surface area contributed by atoms with Gasteiger partial charge in [-0.1, -0.05) is 29.3 Å². The van der Waals surface area contributed by atoms with Crippen molar-refractivity contribution in [2.24, 2.45) is 0 Å². The standard InChI is InChI=1S/C16H13Cl2N3O7/c1-2-27-12(22)7-28-14-9(17)5-8(6-10(14)18)3-4-11-13(21(25)26)15(23)20-16(24)19-11/h3-6H,2,7H2,1H3,(H2,19,20,23,24)/b4-3+.